The lowest BCUT2D eigenvalue weighted by Crippen LogP contribution is -2.03. The fourth-order valence-electron chi connectivity index (χ4n) is 1.50. The summed E-state index contributed by atoms with van der Waals surface area (Å²) in [7, 11) is 0. The van der Waals surface area contributed by atoms with Gasteiger partial charge in [0.2, 0.25) is 0 Å². The second-order valence-corrected chi connectivity index (χ2v) is 4.85. The molecule has 2 aromatic rings. The molecular weight excluding hydrogens is 302 g/mol. The maximum Gasteiger partial charge on any atom is 0.167 e. The highest BCUT2D eigenvalue weighted by Crippen LogP contribution is 2.14. The van der Waals surface area contributed by atoms with Gasteiger partial charge in [-0.15, -0.1) is 0 Å². The summed E-state index contributed by atoms with van der Waals surface area (Å²) >= 11 is 9.12. The number of hydrogen-bond donors (Lipinski definition) is 0. The number of rotatable bonds is 3. The average Bonchev–Trinajstić information content (AvgIpc) is 2.29. The number of benzene rings is 1. The van der Waals surface area contributed by atoms with Crippen LogP contribution in [0.5, 0.6) is 0 Å². The van der Waals surface area contributed by atoms with Crippen molar-refractivity contribution in [1.29, 1.82) is 0 Å². The number of aromatic nitrogens is 1. The second kappa shape index (κ2) is 5.43. The molecule has 0 unspecified atom stereocenters. The molecule has 2 nitrogen and oxygen atoms in total. The largest absolute Gasteiger partial charge is 0.294 e. The molecule has 86 valence electrons. The van der Waals surface area contributed by atoms with Crippen LogP contribution in [0.1, 0.15) is 15.9 Å². The van der Waals surface area contributed by atoms with E-state index in [-0.39, 0.29) is 5.78 Å². The lowest BCUT2D eigenvalue weighted by Gasteiger charge is -2.02. The van der Waals surface area contributed by atoms with Gasteiger partial charge in [-0.05, 0) is 45.8 Å². The van der Waals surface area contributed by atoms with Crippen LogP contribution >= 0.6 is 27.5 Å². The first-order valence-corrected chi connectivity index (χ1v) is 6.21. The van der Waals surface area contributed by atoms with Crippen LogP contribution in [0, 0.1) is 0 Å². The Morgan fingerprint density at radius 2 is 2.12 bits per heavy atom. The fourth-order valence-corrected chi connectivity index (χ4v) is 2.10. The molecule has 0 saturated heterocycles. The molecule has 1 aromatic heterocycles. The van der Waals surface area contributed by atoms with E-state index < -0.39 is 0 Å². The van der Waals surface area contributed by atoms with Gasteiger partial charge in [0.05, 0.1) is 0 Å². The van der Waals surface area contributed by atoms with Crippen molar-refractivity contribution in [2.75, 3.05) is 0 Å². The summed E-state index contributed by atoms with van der Waals surface area (Å²) in [6.45, 7) is 0. The Balaban J connectivity index is 2.17. The van der Waals surface area contributed by atoms with Gasteiger partial charge in [-0.3, -0.25) is 4.79 Å². The molecule has 17 heavy (non-hydrogen) atoms. The van der Waals surface area contributed by atoms with E-state index in [1.165, 1.54) is 0 Å². The lowest BCUT2D eigenvalue weighted by atomic mass is 10.0. The summed E-state index contributed by atoms with van der Waals surface area (Å²) in [5.41, 5.74) is 1.56. The van der Waals surface area contributed by atoms with Crippen molar-refractivity contribution in [3.8, 4) is 0 Å². The van der Waals surface area contributed by atoms with Gasteiger partial charge in [0.15, 0.2) is 5.78 Å². The van der Waals surface area contributed by atoms with Crippen molar-refractivity contribution in [3.05, 3.63) is 63.3 Å². The van der Waals surface area contributed by atoms with Gasteiger partial charge in [-0.1, -0.05) is 23.7 Å². The molecule has 0 aliphatic rings. The predicted octanol–water partition coefficient (Wildman–Crippen LogP) is 3.92. The molecule has 4 heteroatoms. The van der Waals surface area contributed by atoms with Gasteiger partial charge >= 0.3 is 0 Å². The quantitative estimate of drug-likeness (QED) is 0.635. The molecule has 0 radical (unpaired) electrons. The lowest BCUT2D eigenvalue weighted by molar-refractivity contribution is 0.0993. The first-order valence-electron chi connectivity index (χ1n) is 5.04. The number of carbonyl (C=O) groups excluding carboxylic acids is 1. The van der Waals surface area contributed by atoms with Gasteiger partial charge in [0.1, 0.15) is 4.60 Å². The number of ketones is 1. The molecule has 0 saturated carbocycles. The molecule has 2 rings (SSSR count). The van der Waals surface area contributed by atoms with Crippen LogP contribution in [0.3, 0.4) is 0 Å². The molecule has 0 fully saturated rings. The minimum atomic E-state index is 0.0469. The third kappa shape index (κ3) is 3.38. The zero-order valence-corrected chi connectivity index (χ0v) is 11.2. The van der Waals surface area contributed by atoms with Crippen LogP contribution in [-0.4, -0.2) is 10.8 Å². The Morgan fingerprint density at radius 3 is 2.82 bits per heavy atom. The first kappa shape index (κ1) is 12.3. The van der Waals surface area contributed by atoms with Crippen LogP contribution in [-0.2, 0) is 6.42 Å². The highest BCUT2D eigenvalue weighted by Gasteiger charge is 2.07. The van der Waals surface area contributed by atoms with E-state index in [4.69, 9.17) is 11.6 Å². The summed E-state index contributed by atoms with van der Waals surface area (Å²) in [5.74, 6) is 0.0469. The Morgan fingerprint density at radius 1 is 1.29 bits per heavy atom. The number of pyridine rings is 1. The smallest absolute Gasteiger partial charge is 0.167 e. The van der Waals surface area contributed by atoms with E-state index in [1.807, 2.05) is 12.1 Å². The highest BCUT2D eigenvalue weighted by molar-refractivity contribution is 9.10. The zero-order chi connectivity index (χ0) is 12.3. The van der Waals surface area contributed by atoms with E-state index in [2.05, 4.69) is 20.9 Å². The fraction of sp³-hybridized carbons (Fsp3) is 0.0769. The molecular formula is C13H9BrClNO. The third-order valence-electron chi connectivity index (χ3n) is 2.30. The molecule has 0 spiro atoms. The average molecular weight is 311 g/mol. The normalized spacial score (nSPS) is 10.2. The van der Waals surface area contributed by atoms with Gasteiger partial charge in [-0.2, -0.15) is 0 Å². The zero-order valence-electron chi connectivity index (χ0n) is 8.86. The SMILES string of the molecule is O=C(Cc1ccnc(Br)c1)c1cccc(Cl)c1. The summed E-state index contributed by atoms with van der Waals surface area (Å²) in [6.07, 6.45) is 2.02. The minimum absolute atomic E-state index is 0.0469. The van der Waals surface area contributed by atoms with Crippen LogP contribution in [0.25, 0.3) is 0 Å². The standard InChI is InChI=1S/C13H9BrClNO/c14-13-7-9(4-5-16-13)6-12(17)10-2-1-3-11(15)8-10/h1-5,7-8H,6H2. The molecule has 0 aliphatic carbocycles. The summed E-state index contributed by atoms with van der Waals surface area (Å²) < 4.78 is 0.730. The van der Waals surface area contributed by atoms with Gasteiger partial charge in [0.25, 0.3) is 0 Å². The van der Waals surface area contributed by atoms with Gasteiger partial charge in [-0.25, -0.2) is 4.98 Å². The van der Waals surface area contributed by atoms with Crippen molar-refractivity contribution < 1.29 is 4.79 Å². The van der Waals surface area contributed by atoms with Crippen molar-refractivity contribution in [1.82, 2.24) is 4.98 Å². The van der Waals surface area contributed by atoms with Crippen LogP contribution in [0.2, 0.25) is 5.02 Å². The molecule has 0 bridgehead atoms. The van der Waals surface area contributed by atoms with E-state index in [9.17, 15) is 4.79 Å². The summed E-state index contributed by atoms with van der Waals surface area (Å²) in [5, 5.41) is 0.576. The molecule has 0 aliphatic heterocycles. The number of halogens is 2. The van der Waals surface area contributed by atoms with E-state index in [1.54, 1.807) is 30.5 Å². The molecule has 0 amide bonds. The minimum Gasteiger partial charge on any atom is -0.294 e. The second-order valence-electron chi connectivity index (χ2n) is 3.60. The molecule has 0 atom stereocenters. The van der Waals surface area contributed by atoms with Crippen molar-refractivity contribution in [3.63, 3.8) is 0 Å². The summed E-state index contributed by atoms with van der Waals surface area (Å²) in [6, 6.07) is 10.6. The maximum atomic E-state index is 12.0. The monoisotopic (exact) mass is 309 g/mol. The maximum absolute atomic E-state index is 12.0. The van der Waals surface area contributed by atoms with Gasteiger partial charge in [0, 0.05) is 23.2 Å². The van der Waals surface area contributed by atoms with Crippen molar-refractivity contribution in [2.45, 2.75) is 6.42 Å². The van der Waals surface area contributed by atoms with E-state index in [0.717, 1.165) is 10.2 Å². The Hall–Kier alpha value is -1.19. The van der Waals surface area contributed by atoms with E-state index >= 15 is 0 Å². The number of nitrogens with zero attached hydrogens (tertiary/aromatic N) is 1. The van der Waals surface area contributed by atoms with Crippen LogP contribution in [0.15, 0.2) is 47.2 Å². The van der Waals surface area contributed by atoms with Crippen molar-refractivity contribution in [2.24, 2.45) is 0 Å². The van der Waals surface area contributed by atoms with Crippen LogP contribution in [0.4, 0.5) is 0 Å². The van der Waals surface area contributed by atoms with Crippen LogP contribution < -0.4 is 0 Å². The number of carbonyl (C=O) groups is 1. The Labute approximate surface area is 113 Å². The first-order chi connectivity index (χ1) is 8.15. The molecule has 1 aromatic carbocycles. The van der Waals surface area contributed by atoms with Gasteiger partial charge < -0.3 is 0 Å². The number of hydrogen-bond acceptors (Lipinski definition) is 2. The highest BCUT2D eigenvalue weighted by atomic mass is 79.9. The third-order valence-corrected chi connectivity index (χ3v) is 2.97. The van der Waals surface area contributed by atoms with Crippen molar-refractivity contribution >= 4 is 33.3 Å². The summed E-state index contributed by atoms with van der Waals surface area (Å²) in [4.78, 5) is 16.0. The predicted molar refractivity (Wildman–Crippen MR) is 71.4 cm³/mol. The Bertz CT molecular complexity index is 557. The molecule has 1 heterocycles. The number of Topliss-reactive ketones (excluding diaryl/α,β-unsaturated/α-hetero) is 1. The Kier molecular flexibility index (Phi) is 3.92. The van der Waals surface area contributed by atoms with E-state index in [0.29, 0.717) is 17.0 Å². The molecule has 0 N–H and O–H groups in total. The topological polar surface area (TPSA) is 30.0 Å².